The molecule has 178 valence electrons. The molecule has 3 aromatic rings. The van der Waals surface area contributed by atoms with Crippen LogP contribution < -0.4 is 14.8 Å². The minimum Gasteiger partial charge on any atom is -0.487 e. The first-order valence-electron chi connectivity index (χ1n) is 11.4. The second kappa shape index (κ2) is 9.09. The molecule has 0 unspecified atom stereocenters. The number of aromatic nitrogens is 2. The van der Waals surface area contributed by atoms with Crippen LogP contribution in [0.4, 0.5) is 5.13 Å². The molecule has 5 rings (SSSR count). The molecule has 2 heterocycles. The number of rotatable bonds is 5. The van der Waals surface area contributed by atoms with Crippen LogP contribution in [0.5, 0.6) is 5.75 Å². The van der Waals surface area contributed by atoms with Crippen molar-refractivity contribution in [1.82, 2.24) is 14.9 Å². The number of hydrogen-bond acceptors (Lipinski definition) is 7. The minimum absolute atomic E-state index is 0.129. The summed E-state index contributed by atoms with van der Waals surface area (Å²) in [5.74, 6) is 0.371. The van der Waals surface area contributed by atoms with E-state index < -0.39 is 16.1 Å². The van der Waals surface area contributed by atoms with Gasteiger partial charge in [0.05, 0.1) is 6.04 Å². The Morgan fingerprint density at radius 2 is 1.79 bits per heavy atom. The monoisotopic (exact) mass is 498 g/mol. The summed E-state index contributed by atoms with van der Waals surface area (Å²) in [4.78, 5) is 12.6. The van der Waals surface area contributed by atoms with Crippen LogP contribution in [0, 0.1) is 6.92 Å². The third-order valence-electron chi connectivity index (χ3n) is 6.51. The van der Waals surface area contributed by atoms with Crippen molar-refractivity contribution in [3.05, 3.63) is 65.2 Å². The lowest BCUT2D eigenvalue weighted by Crippen LogP contribution is -2.46. The van der Waals surface area contributed by atoms with E-state index in [9.17, 15) is 13.2 Å². The largest absolute Gasteiger partial charge is 0.487 e. The maximum Gasteiger partial charge on any atom is 0.270 e. The number of hydrogen-bond donors (Lipinski definition) is 2. The molecular formula is C24H26N4O4S2. The molecule has 1 spiro atoms. The third kappa shape index (κ3) is 4.57. The third-order valence-corrected chi connectivity index (χ3v) is 9.18. The standard InChI is InChI=1S/C24H26N4O4S2/c1-16-9-3-4-10-17(16)21(29)25-22-26-27-23(33-22)34(30,31)28-19-15-24(13-7-2-8-14-24)32-20-12-6-5-11-18(19)20/h3-6,9-12,19,28H,2,7-8,13-15H2,1H3,(H,25,26,29)/t19-/m0/s1. The molecule has 0 bridgehead atoms. The number of benzene rings is 2. The number of ether oxygens (including phenoxy) is 1. The van der Waals surface area contributed by atoms with Gasteiger partial charge in [0.15, 0.2) is 0 Å². The Balaban J connectivity index is 1.36. The first-order chi connectivity index (χ1) is 16.4. The molecule has 0 radical (unpaired) electrons. The van der Waals surface area contributed by atoms with Crippen LogP contribution in [0.1, 0.15) is 66.1 Å². The Hall–Kier alpha value is -2.82. The molecule has 2 N–H and O–H groups in total. The first-order valence-corrected chi connectivity index (χ1v) is 13.7. The average Bonchev–Trinajstić information content (AvgIpc) is 3.29. The Morgan fingerprint density at radius 1 is 1.06 bits per heavy atom. The van der Waals surface area contributed by atoms with E-state index in [1.54, 1.807) is 12.1 Å². The highest BCUT2D eigenvalue weighted by Gasteiger charge is 2.43. The van der Waals surface area contributed by atoms with Gasteiger partial charge < -0.3 is 4.74 Å². The van der Waals surface area contributed by atoms with E-state index in [4.69, 9.17) is 4.74 Å². The number of para-hydroxylation sites is 1. The molecule has 1 aromatic heterocycles. The number of fused-ring (bicyclic) bond motifs is 1. The molecule has 0 saturated heterocycles. The van der Waals surface area contributed by atoms with Gasteiger partial charge in [-0.1, -0.05) is 54.2 Å². The van der Waals surface area contributed by atoms with Gasteiger partial charge in [-0.25, -0.2) is 13.1 Å². The van der Waals surface area contributed by atoms with Crippen molar-refractivity contribution in [2.45, 2.75) is 61.4 Å². The Kier molecular flexibility index (Phi) is 6.13. The lowest BCUT2D eigenvalue weighted by atomic mass is 9.77. The molecule has 1 atom stereocenters. The number of aryl methyl sites for hydroxylation is 1. The minimum atomic E-state index is -3.96. The fourth-order valence-electron chi connectivity index (χ4n) is 4.82. The van der Waals surface area contributed by atoms with E-state index in [1.165, 1.54) is 6.42 Å². The summed E-state index contributed by atoms with van der Waals surface area (Å²) in [6.07, 6.45) is 5.70. The second-order valence-corrected chi connectivity index (χ2v) is 11.8. The fraction of sp³-hybridized carbons (Fsp3) is 0.375. The van der Waals surface area contributed by atoms with Gasteiger partial charge in [0.2, 0.25) is 9.47 Å². The Morgan fingerprint density at radius 3 is 2.59 bits per heavy atom. The number of carbonyl (C=O) groups is 1. The summed E-state index contributed by atoms with van der Waals surface area (Å²) in [6.45, 7) is 1.83. The van der Waals surface area contributed by atoms with E-state index >= 15 is 0 Å². The molecule has 1 aliphatic heterocycles. The lowest BCUT2D eigenvalue weighted by Gasteiger charge is -2.44. The molecule has 2 aliphatic rings. The molecular weight excluding hydrogens is 472 g/mol. The molecule has 34 heavy (non-hydrogen) atoms. The van der Waals surface area contributed by atoms with Crippen molar-refractivity contribution in [3.63, 3.8) is 0 Å². The van der Waals surface area contributed by atoms with Gasteiger partial charge in [-0.2, -0.15) is 0 Å². The quantitative estimate of drug-likeness (QED) is 0.497. The van der Waals surface area contributed by atoms with Gasteiger partial charge in [0, 0.05) is 17.5 Å². The van der Waals surface area contributed by atoms with Crippen LogP contribution in [-0.2, 0) is 10.0 Å². The van der Waals surface area contributed by atoms with Gasteiger partial charge >= 0.3 is 0 Å². The van der Waals surface area contributed by atoms with Crippen LogP contribution in [0.15, 0.2) is 52.9 Å². The summed E-state index contributed by atoms with van der Waals surface area (Å²) in [5.41, 5.74) is 1.78. The van der Waals surface area contributed by atoms with Gasteiger partial charge in [-0.3, -0.25) is 10.1 Å². The van der Waals surface area contributed by atoms with Crippen molar-refractivity contribution in [2.75, 3.05) is 5.32 Å². The van der Waals surface area contributed by atoms with Crippen LogP contribution >= 0.6 is 11.3 Å². The van der Waals surface area contributed by atoms with Crippen molar-refractivity contribution < 1.29 is 17.9 Å². The normalized spacial score (nSPS) is 19.3. The van der Waals surface area contributed by atoms with Gasteiger partial charge in [-0.15, -0.1) is 10.2 Å². The summed E-state index contributed by atoms with van der Waals surface area (Å²) < 4.78 is 35.5. The van der Waals surface area contributed by atoms with Crippen LogP contribution in [0.25, 0.3) is 0 Å². The summed E-state index contributed by atoms with van der Waals surface area (Å²) in [6, 6.07) is 14.3. The summed E-state index contributed by atoms with van der Waals surface area (Å²) in [5, 5.41) is 10.5. The molecule has 1 amide bonds. The first kappa shape index (κ1) is 22.9. The van der Waals surface area contributed by atoms with E-state index in [-0.39, 0.29) is 21.0 Å². The van der Waals surface area contributed by atoms with Crippen molar-refractivity contribution in [1.29, 1.82) is 0 Å². The predicted molar refractivity (Wildman–Crippen MR) is 130 cm³/mol. The SMILES string of the molecule is Cc1ccccc1C(=O)Nc1nnc(S(=O)(=O)N[C@H]2CC3(CCCCC3)Oc3ccccc32)s1. The highest BCUT2D eigenvalue weighted by molar-refractivity contribution is 7.91. The van der Waals surface area contributed by atoms with Gasteiger partial charge in [-0.05, 0) is 50.3 Å². The number of nitrogens with one attached hydrogen (secondary N) is 2. The molecule has 1 saturated carbocycles. The molecule has 1 aliphatic carbocycles. The smallest absolute Gasteiger partial charge is 0.270 e. The zero-order valence-electron chi connectivity index (χ0n) is 18.8. The van der Waals surface area contributed by atoms with Crippen LogP contribution in [-0.4, -0.2) is 30.1 Å². The molecule has 8 nitrogen and oxygen atoms in total. The Bertz CT molecular complexity index is 1320. The predicted octanol–water partition coefficient (Wildman–Crippen LogP) is 4.60. The van der Waals surface area contributed by atoms with Crippen LogP contribution in [0.2, 0.25) is 0 Å². The maximum atomic E-state index is 13.2. The van der Waals surface area contributed by atoms with Crippen molar-refractivity contribution in [2.24, 2.45) is 0 Å². The van der Waals surface area contributed by atoms with E-state index in [1.807, 2.05) is 43.3 Å². The molecule has 1 fully saturated rings. The fourth-order valence-corrected chi connectivity index (χ4v) is 6.95. The summed E-state index contributed by atoms with van der Waals surface area (Å²) >= 11 is 0.830. The number of sulfonamides is 1. The van der Waals surface area contributed by atoms with Crippen LogP contribution in [0.3, 0.4) is 0 Å². The Labute approximate surface area is 202 Å². The zero-order chi connectivity index (χ0) is 23.8. The van der Waals surface area contributed by atoms with E-state index in [2.05, 4.69) is 20.2 Å². The second-order valence-electron chi connectivity index (χ2n) is 8.90. The number of amides is 1. The topological polar surface area (TPSA) is 110 Å². The number of anilines is 1. The number of carbonyl (C=O) groups excluding carboxylic acids is 1. The highest BCUT2D eigenvalue weighted by atomic mass is 32.2. The molecule has 2 aromatic carbocycles. The van der Waals surface area contributed by atoms with Gasteiger partial charge in [0.25, 0.3) is 15.9 Å². The highest BCUT2D eigenvalue weighted by Crippen LogP contribution is 2.46. The van der Waals surface area contributed by atoms with Crippen molar-refractivity contribution in [3.8, 4) is 5.75 Å². The lowest BCUT2D eigenvalue weighted by molar-refractivity contribution is 0.0000716. The van der Waals surface area contributed by atoms with E-state index in [0.717, 1.165) is 53.9 Å². The molecule has 10 heteroatoms. The average molecular weight is 499 g/mol. The maximum absolute atomic E-state index is 13.2. The number of nitrogens with zero attached hydrogens (tertiary/aromatic N) is 2. The summed E-state index contributed by atoms with van der Waals surface area (Å²) in [7, 11) is -3.96. The van der Waals surface area contributed by atoms with E-state index in [0.29, 0.717) is 12.0 Å². The van der Waals surface area contributed by atoms with Crippen molar-refractivity contribution >= 4 is 32.4 Å². The van der Waals surface area contributed by atoms with Gasteiger partial charge in [0.1, 0.15) is 11.4 Å². The zero-order valence-corrected chi connectivity index (χ0v) is 20.4.